The van der Waals surface area contributed by atoms with Crippen molar-refractivity contribution in [1.82, 2.24) is 20.4 Å². The molecule has 0 saturated carbocycles. The minimum absolute atomic E-state index is 0.506. The lowest BCUT2D eigenvalue weighted by atomic mass is 10.0. The van der Waals surface area contributed by atoms with E-state index in [2.05, 4.69) is 44.8 Å². The molecule has 3 aromatic heterocycles. The Kier molecular flexibility index (Phi) is 5.17. The Labute approximate surface area is 157 Å². The predicted octanol–water partition coefficient (Wildman–Crippen LogP) is 3.70. The number of rotatable bonds is 6. The number of fused-ring (bicyclic) bond motifs is 1. The Balaban J connectivity index is 1.34. The van der Waals surface area contributed by atoms with Crippen LogP contribution in [0.2, 0.25) is 0 Å². The number of anilines is 1. The second-order valence-corrected chi connectivity index (χ2v) is 7.81. The maximum absolute atomic E-state index is 5.41. The van der Waals surface area contributed by atoms with Crippen molar-refractivity contribution in [3.05, 3.63) is 34.8 Å². The molecule has 3 aromatic rings. The maximum Gasteiger partial charge on any atom is 0.150 e. The standard InChI is InChI=1S/C19H25N5OS/c1-3-4-15-11-16(25-23-15)12-20-14-5-8-24(9-6-14)18-17-7-10-26-19(17)22-13(2)21-18/h7,10-11,14,20H,3-6,8-9,12H2,1-2H3. The van der Waals surface area contributed by atoms with Crippen molar-refractivity contribution in [3.63, 3.8) is 0 Å². The average Bonchev–Trinajstić information content (AvgIpc) is 3.29. The van der Waals surface area contributed by atoms with Gasteiger partial charge in [0.25, 0.3) is 0 Å². The van der Waals surface area contributed by atoms with E-state index in [9.17, 15) is 0 Å². The van der Waals surface area contributed by atoms with Gasteiger partial charge in [-0.25, -0.2) is 9.97 Å². The Morgan fingerprint density at radius 2 is 2.15 bits per heavy atom. The molecule has 0 aliphatic carbocycles. The van der Waals surface area contributed by atoms with Gasteiger partial charge in [-0.2, -0.15) is 0 Å². The van der Waals surface area contributed by atoms with Gasteiger partial charge in [0.1, 0.15) is 16.5 Å². The molecule has 0 unspecified atom stereocenters. The molecule has 1 aliphatic rings. The van der Waals surface area contributed by atoms with E-state index in [-0.39, 0.29) is 0 Å². The fourth-order valence-corrected chi connectivity index (χ4v) is 4.34. The fraction of sp³-hybridized carbons (Fsp3) is 0.526. The van der Waals surface area contributed by atoms with Crippen LogP contribution >= 0.6 is 11.3 Å². The first-order valence-electron chi connectivity index (χ1n) is 9.37. The molecule has 0 radical (unpaired) electrons. The van der Waals surface area contributed by atoms with E-state index in [0.717, 1.165) is 73.2 Å². The minimum atomic E-state index is 0.506. The van der Waals surface area contributed by atoms with Gasteiger partial charge in [-0.15, -0.1) is 11.3 Å². The van der Waals surface area contributed by atoms with Crippen molar-refractivity contribution in [2.75, 3.05) is 18.0 Å². The number of thiophene rings is 1. The SMILES string of the molecule is CCCc1cc(CNC2CCN(c3nc(C)nc4sccc34)CC2)on1. The summed E-state index contributed by atoms with van der Waals surface area (Å²) >= 11 is 1.68. The van der Waals surface area contributed by atoms with Crippen molar-refractivity contribution in [2.45, 2.75) is 52.1 Å². The minimum Gasteiger partial charge on any atom is -0.360 e. The molecule has 1 saturated heterocycles. The number of hydrogen-bond acceptors (Lipinski definition) is 7. The molecule has 138 valence electrons. The van der Waals surface area contributed by atoms with Gasteiger partial charge in [0.2, 0.25) is 0 Å². The number of hydrogen-bond donors (Lipinski definition) is 1. The molecule has 4 heterocycles. The van der Waals surface area contributed by atoms with Crippen molar-refractivity contribution in [3.8, 4) is 0 Å². The van der Waals surface area contributed by atoms with Crippen LogP contribution in [0.4, 0.5) is 5.82 Å². The molecule has 7 heteroatoms. The third kappa shape index (κ3) is 3.73. The molecule has 0 bridgehead atoms. The second kappa shape index (κ2) is 7.72. The highest BCUT2D eigenvalue weighted by Gasteiger charge is 2.22. The third-order valence-corrected chi connectivity index (χ3v) is 5.70. The summed E-state index contributed by atoms with van der Waals surface area (Å²) in [4.78, 5) is 12.7. The first-order valence-corrected chi connectivity index (χ1v) is 10.3. The molecule has 1 aliphatic heterocycles. The van der Waals surface area contributed by atoms with E-state index in [1.165, 1.54) is 5.39 Å². The van der Waals surface area contributed by atoms with Crippen LogP contribution in [-0.4, -0.2) is 34.3 Å². The zero-order valence-corrected chi connectivity index (χ0v) is 16.2. The topological polar surface area (TPSA) is 67.1 Å². The highest BCUT2D eigenvalue weighted by molar-refractivity contribution is 7.16. The quantitative estimate of drug-likeness (QED) is 0.713. The first-order chi connectivity index (χ1) is 12.7. The molecule has 4 rings (SSSR count). The monoisotopic (exact) mass is 371 g/mol. The highest BCUT2D eigenvalue weighted by atomic mass is 32.1. The van der Waals surface area contributed by atoms with E-state index < -0.39 is 0 Å². The molecular formula is C19H25N5OS. The molecule has 26 heavy (non-hydrogen) atoms. The number of piperidine rings is 1. The summed E-state index contributed by atoms with van der Waals surface area (Å²) in [6.07, 6.45) is 4.28. The highest BCUT2D eigenvalue weighted by Crippen LogP contribution is 2.29. The van der Waals surface area contributed by atoms with Gasteiger partial charge in [-0.1, -0.05) is 18.5 Å². The van der Waals surface area contributed by atoms with Crippen LogP contribution < -0.4 is 10.2 Å². The zero-order chi connectivity index (χ0) is 17.9. The smallest absolute Gasteiger partial charge is 0.150 e. The van der Waals surface area contributed by atoms with Crippen molar-refractivity contribution in [2.24, 2.45) is 0 Å². The van der Waals surface area contributed by atoms with Crippen molar-refractivity contribution in [1.29, 1.82) is 0 Å². The van der Waals surface area contributed by atoms with Crippen LogP contribution in [0.15, 0.2) is 22.0 Å². The average molecular weight is 372 g/mol. The zero-order valence-electron chi connectivity index (χ0n) is 15.4. The maximum atomic E-state index is 5.41. The molecule has 1 N–H and O–H groups in total. The van der Waals surface area contributed by atoms with Crippen LogP contribution in [0.1, 0.15) is 43.5 Å². The Morgan fingerprint density at radius 1 is 1.31 bits per heavy atom. The van der Waals surface area contributed by atoms with Crippen LogP contribution in [-0.2, 0) is 13.0 Å². The van der Waals surface area contributed by atoms with Crippen molar-refractivity contribution < 1.29 is 4.52 Å². The molecule has 0 amide bonds. The number of nitrogens with one attached hydrogen (secondary N) is 1. The lowest BCUT2D eigenvalue weighted by Gasteiger charge is -2.33. The largest absolute Gasteiger partial charge is 0.360 e. The van der Waals surface area contributed by atoms with Gasteiger partial charge in [-0.05, 0) is 37.6 Å². The lowest BCUT2D eigenvalue weighted by molar-refractivity contribution is 0.343. The van der Waals surface area contributed by atoms with Gasteiger partial charge >= 0.3 is 0 Å². The summed E-state index contributed by atoms with van der Waals surface area (Å²) in [5.41, 5.74) is 1.05. The van der Waals surface area contributed by atoms with E-state index in [4.69, 9.17) is 9.51 Å². The summed E-state index contributed by atoms with van der Waals surface area (Å²) in [7, 11) is 0. The van der Waals surface area contributed by atoms with Gasteiger partial charge < -0.3 is 14.7 Å². The van der Waals surface area contributed by atoms with Gasteiger partial charge in [0.05, 0.1) is 17.6 Å². The Hall–Kier alpha value is -1.99. The predicted molar refractivity (Wildman–Crippen MR) is 105 cm³/mol. The van der Waals surface area contributed by atoms with E-state index in [1.54, 1.807) is 11.3 Å². The van der Waals surface area contributed by atoms with Gasteiger partial charge in [0, 0.05) is 25.2 Å². The normalized spacial score (nSPS) is 15.8. The second-order valence-electron chi connectivity index (χ2n) is 6.91. The Morgan fingerprint density at radius 3 is 2.96 bits per heavy atom. The fourth-order valence-electron chi connectivity index (χ4n) is 3.54. The molecule has 6 nitrogen and oxygen atoms in total. The number of nitrogens with zero attached hydrogens (tertiary/aromatic N) is 4. The van der Waals surface area contributed by atoms with Crippen LogP contribution in [0.3, 0.4) is 0 Å². The van der Waals surface area contributed by atoms with Crippen LogP contribution in [0, 0.1) is 6.92 Å². The summed E-state index contributed by atoms with van der Waals surface area (Å²) in [5, 5.41) is 11.0. The van der Waals surface area contributed by atoms with E-state index in [1.807, 2.05) is 6.92 Å². The van der Waals surface area contributed by atoms with Crippen LogP contribution in [0.5, 0.6) is 0 Å². The lowest BCUT2D eigenvalue weighted by Crippen LogP contribution is -2.42. The molecule has 1 fully saturated rings. The molecular weight excluding hydrogens is 346 g/mol. The Bertz CT molecular complexity index is 866. The van der Waals surface area contributed by atoms with Gasteiger partial charge in [-0.3, -0.25) is 0 Å². The van der Waals surface area contributed by atoms with Crippen LogP contribution in [0.25, 0.3) is 10.2 Å². The first kappa shape index (κ1) is 17.4. The number of aryl methyl sites for hydroxylation is 2. The van der Waals surface area contributed by atoms with E-state index in [0.29, 0.717) is 6.04 Å². The molecule has 0 spiro atoms. The number of aromatic nitrogens is 3. The molecule has 0 aromatic carbocycles. The summed E-state index contributed by atoms with van der Waals surface area (Å²) in [6.45, 7) is 6.90. The summed E-state index contributed by atoms with van der Waals surface area (Å²) < 4.78 is 5.41. The molecule has 0 atom stereocenters. The summed E-state index contributed by atoms with van der Waals surface area (Å²) in [5.74, 6) is 2.87. The van der Waals surface area contributed by atoms with Crippen molar-refractivity contribution >= 4 is 27.4 Å². The summed E-state index contributed by atoms with van der Waals surface area (Å²) in [6, 6.07) is 4.71. The van der Waals surface area contributed by atoms with Gasteiger partial charge in [0.15, 0.2) is 5.76 Å². The third-order valence-electron chi connectivity index (χ3n) is 4.89. The van der Waals surface area contributed by atoms with E-state index >= 15 is 0 Å².